The number of aromatic nitrogens is 2. The zero-order valence-corrected chi connectivity index (χ0v) is 10.1. The normalized spacial score (nSPS) is 15.1. The van der Waals surface area contributed by atoms with Crippen molar-refractivity contribution in [3.63, 3.8) is 0 Å². The van der Waals surface area contributed by atoms with Crippen molar-refractivity contribution in [3.8, 4) is 12.3 Å². The molecule has 16 heavy (non-hydrogen) atoms. The smallest absolute Gasteiger partial charge is 0.102 e. The van der Waals surface area contributed by atoms with Crippen LogP contribution in [0.2, 0.25) is 0 Å². The fourth-order valence-corrected chi connectivity index (χ4v) is 2.02. The van der Waals surface area contributed by atoms with E-state index in [1.807, 2.05) is 4.68 Å². The summed E-state index contributed by atoms with van der Waals surface area (Å²) in [6, 6.07) is 0.779. The minimum absolute atomic E-state index is 0.572. The lowest BCUT2D eigenvalue weighted by atomic mass is 10.1. The van der Waals surface area contributed by atoms with Crippen molar-refractivity contribution in [2.24, 2.45) is 0 Å². The third kappa shape index (κ3) is 2.45. The van der Waals surface area contributed by atoms with Gasteiger partial charge < -0.3 is 5.32 Å². The van der Waals surface area contributed by atoms with Crippen LogP contribution in [0, 0.1) is 26.2 Å². The topological polar surface area (TPSA) is 29.9 Å². The van der Waals surface area contributed by atoms with Crippen LogP contribution in [0.1, 0.15) is 29.8 Å². The lowest BCUT2D eigenvalue weighted by Crippen LogP contribution is -2.19. The van der Waals surface area contributed by atoms with Crippen molar-refractivity contribution >= 4 is 0 Å². The first-order valence-corrected chi connectivity index (χ1v) is 5.92. The summed E-state index contributed by atoms with van der Waals surface area (Å²) < 4.78 is 1.92. The van der Waals surface area contributed by atoms with E-state index in [1.54, 1.807) is 0 Å². The summed E-state index contributed by atoms with van der Waals surface area (Å²) in [7, 11) is 0. The molecule has 1 aromatic heterocycles. The summed E-state index contributed by atoms with van der Waals surface area (Å²) in [5, 5.41) is 7.98. The molecule has 0 atom stereocenters. The molecule has 1 N–H and O–H groups in total. The third-order valence-corrected chi connectivity index (χ3v) is 3.16. The Labute approximate surface area is 97.2 Å². The van der Waals surface area contributed by atoms with Crippen molar-refractivity contribution in [1.29, 1.82) is 0 Å². The molecule has 0 amide bonds. The van der Waals surface area contributed by atoms with Gasteiger partial charge in [0.15, 0.2) is 0 Å². The van der Waals surface area contributed by atoms with Crippen molar-refractivity contribution in [2.45, 2.75) is 45.7 Å². The van der Waals surface area contributed by atoms with Gasteiger partial charge in [-0.05, 0) is 45.2 Å². The van der Waals surface area contributed by atoms with Crippen molar-refractivity contribution in [3.05, 3.63) is 17.0 Å². The number of terminal acetylenes is 1. The number of hydrogen-bond acceptors (Lipinski definition) is 2. The molecule has 0 unspecified atom stereocenters. The highest BCUT2D eigenvalue weighted by Crippen LogP contribution is 2.19. The molecular formula is C13H19N3. The summed E-state index contributed by atoms with van der Waals surface area (Å²) in [5.74, 6) is 2.63. The van der Waals surface area contributed by atoms with Gasteiger partial charge in [-0.3, -0.25) is 4.68 Å². The average Bonchev–Trinajstić information content (AvgIpc) is 3.02. The fourth-order valence-electron chi connectivity index (χ4n) is 2.02. The largest absolute Gasteiger partial charge is 0.314 e. The maximum atomic E-state index is 5.31. The molecule has 1 aliphatic carbocycles. The maximum absolute atomic E-state index is 5.31. The molecule has 0 aromatic carbocycles. The predicted octanol–water partition coefficient (Wildman–Crippen LogP) is 1.43. The van der Waals surface area contributed by atoms with E-state index in [0.717, 1.165) is 24.7 Å². The Morgan fingerprint density at radius 2 is 2.25 bits per heavy atom. The molecule has 1 aliphatic rings. The lowest BCUT2D eigenvalue weighted by Gasteiger charge is -2.04. The zero-order valence-electron chi connectivity index (χ0n) is 10.1. The number of hydrogen-bond donors (Lipinski definition) is 1. The minimum Gasteiger partial charge on any atom is -0.314 e. The Morgan fingerprint density at radius 3 is 2.88 bits per heavy atom. The van der Waals surface area contributed by atoms with Crippen LogP contribution in [0.25, 0.3) is 0 Å². The van der Waals surface area contributed by atoms with Gasteiger partial charge in [0.05, 0.1) is 5.69 Å². The van der Waals surface area contributed by atoms with Crippen LogP contribution in [-0.2, 0) is 13.0 Å². The quantitative estimate of drug-likeness (QED) is 0.756. The van der Waals surface area contributed by atoms with E-state index in [2.05, 4.69) is 30.2 Å². The molecule has 0 radical (unpaired) electrons. The molecule has 1 saturated carbocycles. The van der Waals surface area contributed by atoms with Crippen LogP contribution in [0.15, 0.2) is 0 Å². The molecule has 1 fully saturated rings. The SMILES string of the molecule is C#CCn1nc(C)c(CCNC2CC2)c1C. The molecule has 86 valence electrons. The third-order valence-electron chi connectivity index (χ3n) is 3.16. The zero-order chi connectivity index (χ0) is 11.5. The Balaban J connectivity index is 1.98. The van der Waals surface area contributed by atoms with Crippen molar-refractivity contribution in [2.75, 3.05) is 6.54 Å². The molecule has 0 spiro atoms. The van der Waals surface area contributed by atoms with Crippen LogP contribution in [0.5, 0.6) is 0 Å². The van der Waals surface area contributed by atoms with E-state index >= 15 is 0 Å². The molecule has 0 aliphatic heterocycles. The Hall–Kier alpha value is -1.27. The second kappa shape index (κ2) is 4.71. The average molecular weight is 217 g/mol. The van der Waals surface area contributed by atoms with Crippen LogP contribution in [0.4, 0.5) is 0 Å². The lowest BCUT2D eigenvalue weighted by molar-refractivity contribution is 0.671. The van der Waals surface area contributed by atoms with Crippen molar-refractivity contribution in [1.82, 2.24) is 15.1 Å². The van der Waals surface area contributed by atoms with Gasteiger partial charge in [0.1, 0.15) is 6.54 Å². The van der Waals surface area contributed by atoms with Crippen LogP contribution < -0.4 is 5.32 Å². The highest BCUT2D eigenvalue weighted by molar-refractivity contribution is 5.25. The van der Waals surface area contributed by atoms with Gasteiger partial charge in [-0.2, -0.15) is 5.10 Å². The van der Waals surface area contributed by atoms with E-state index in [0.29, 0.717) is 6.54 Å². The first kappa shape index (κ1) is 11.2. The second-order valence-corrected chi connectivity index (χ2v) is 4.49. The Bertz CT molecular complexity index is 408. The first-order valence-electron chi connectivity index (χ1n) is 5.92. The minimum atomic E-state index is 0.572. The van der Waals surface area contributed by atoms with Gasteiger partial charge in [-0.25, -0.2) is 0 Å². The molecular weight excluding hydrogens is 198 g/mol. The Morgan fingerprint density at radius 1 is 1.50 bits per heavy atom. The molecule has 0 bridgehead atoms. The van der Waals surface area contributed by atoms with E-state index in [1.165, 1.54) is 24.1 Å². The summed E-state index contributed by atoms with van der Waals surface area (Å²) in [5.41, 5.74) is 3.68. The molecule has 3 nitrogen and oxygen atoms in total. The summed E-state index contributed by atoms with van der Waals surface area (Å²) in [4.78, 5) is 0. The Kier molecular flexibility index (Phi) is 3.31. The standard InChI is InChI=1S/C13H19N3/c1-4-9-16-11(3)13(10(2)15-16)7-8-14-12-5-6-12/h1,12,14H,5-9H2,2-3H3. The van der Waals surface area contributed by atoms with Crippen LogP contribution in [-0.4, -0.2) is 22.4 Å². The predicted molar refractivity (Wildman–Crippen MR) is 65.3 cm³/mol. The van der Waals surface area contributed by atoms with Gasteiger partial charge in [0.25, 0.3) is 0 Å². The number of rotatable bonds is 5. The van der Waals surface area contributed by atoms with Crippen LogP contribution >= 0.6 is 0 Å². The van der Waals surface area contributed by atoms with E-state index in [-0.39, 0.29) is 0 Å². The van der Waals surface area contributed by atoms with Gasteiger partial charge in [-0.15, -0.1) is 6.42 Å². The molecule has 0 saturated heterocycles. The second-order valence-electron chi connectivity index (χ2n) is 4.49. The highest BCUT2D eigenvalue weighted by Gasteiger charge is 2.20. The highest BCUT2D eigenvalue weighted by atomic mass is 15.3. The molecule has 1 heterocycles. The van der Waals surface area contributed by atoms with Gasteiger partial charge in [0.2, 0.25) is 0 Å². The monoisotopic (exact) mass is 217 g/mol. The molecule has 3 heteroatoms. The summed E-state index contributed by atoms with van der Waals surface area (Å²) in [6.45, 7) is 5.78. The number of nitrogens with zero attached hydrogens (tertiary/aromatic N) is 2. The van der Waals surface area contributed by atoms with Gasteiger partial charge in [-0.1, -0.05) is 5.92 Å². The number of aryl methyl sites for hydroxylation is 1. The van der Waals surface area contributed by atoms with Crippen molar-refractivity contribution < 1.29 is 0 Å². The fraction of sp³-hybridized carbons (Fsp3) is 0.615. The first-order chi connectivity index (χ1) is 7.72. The number of nitrogens with one attached hydrogen (secondary N) is 1. The molecule has 2 rings (SSSR count). The summed E-state index contributed by atoms with van der Waals surface area (Å²) >= 11 is 0. The van der Waals surface area contributed by atoms with E-state index < -0.39 is 0 Å². The van der Waals surface area contributed by atoms with E-state index in [4.69, 9.17) is 6.42 Å². The van der Waals surface area contributed by atoms with Gasteiger partial charge >= 0.3 is 0 Å². The van der Waals surface area contributed by atoms with E-state index in [9.17, 15) is 0 Å². The summed E-state index contributed by atoms with van der Waals surface area (Å²) in [6.07, 6.45) is 9.05. The maximum Gasteiger partial charge on any atom is 0.102 e. The van der Waals surface area contributed by atoms with Gasteiger partial charge in [0, 0.05) is 11.7 Å². The molecule has 1 aromatic rings. The van der Waals surface area contributed by atoms with Crippen LogP contribution in [0.3, 0.4) is 0 Å².